The molecule has 0 radical (unpaired) electrons. The van der Waals surface area contributed by atoms with Crippen molar-refractivity contribution in [2.45, 2.75) is 70.1 Å². The fourth-order valence-corrected chi connectivity index (χ4v) is 3.12. The van der Waals surface area contributed by atoms with E-state index in [4.69, 9.17) is 0 Å². The van der Waals surface area contributed by atoms with E-state index in [-0.39, 0.29) is 0 Å². The summed E-state index contributed by atoms with van der Waals surface area (Å²) in [4.78, 5) is 9.97. The predicted molar refractivity (Wildman–Crippen MR) is 101 cm³/mol. The normalized spacial score (nSPS) is 10.9. The molecule has 0 amide bonds. The Balaban J connectivity index is 1.80. The number of nitrogens with zero attached hydrogens (tertiary/aromatic N) is 2. The molecule has 2 rings (SSSR count). The van der Waals surface area contributed by atoms with Crippen molar-refractivity contribution in [3.63, 3.8) is 0 Å². The molecule has 0 N–H and O–H groups in total. The number of thiol groups is 1. The first kappa shape index (κ1) is 18.0. The monoisotopic (exact) mass is 328 g/mol. The van der Waals surface area contributed by atoms with E-state index in [1.165, 1.54) is 56.1 Å². The van der Waals surface area contributed by atoms with Gasteiger partial charge in [-0.25, -0.2) is 9.97 Å². The first-order valence-electron chi connectivity index (χ1n) is 8.81. The maximum absolute atomic E-state index is 4.53. The third-order valence-electron chi connectivity index (χ3n) is 4.17. The highest BCUT2D eigenvalue weighted by Gasteiger charge is 2.06. The van der Waals surface area contributed by atoms with Crippen LogP contribution in [0.2, 0.25) is 0 Å². The third-order valence-corrected chi connectivity index (χ3v) is 4.54. The Morgan fingerprint density at radius 1 is 0.913 bits per heavy atom. The van der Waals surface area contributed by atoms with Gasteiger partial charge in [-0.1, -0.05) is 51.5 Å². The van der Waals surface area contributed by atoms with Gasteiger partial charge >= 0.3 is 0 Å². The summed E-state index contributed by atoms with van der Waals surface area (Å²) in [6.07, 6.45) is 14.4. The molecule has 0 aliphatic rings. The van der Waals surface area contributed by atoms with Crippen molar-refractivity contribution in [1.82, 2.24) is 9.97 Å². The molecule has 2 nitrogen and oxygen atoms in total. The molecule has 0 saturated heterocycles. The minimum Gasteiger partial charge on any atom is -0.236 e. The number of aryl methyl sites for hydroxylation is 2. The minimum absolute atomic E-state index is 0.762. The van der Waals surface area contributed by atoms with Gasteiger partial charge in [-0.3, -0.25) is 0 Å². The van der Waals surface area contributed by atoms with Gasteiger partial charge in [0.05, 0.1) is 0 Å². The van der Waals surface area contributed by atoms with Crippen LogP contribution >= 0.6 is 12.6 Å². The number of aromatic nitrogens is 2. The molecule has 0 aliphatic carbocycles. The van der Waals surface area contributed by atoms with Gasteiger partial charge < -0.3 is 0 Å². The zero-order valence-corrected chi connectivity index (χ0v) is 15.3. The highest BCUT2D eigenvalue weighted by molar-refractivity contribution is 7.80. The van der Waals surface area contributed by atoms with Crippen LogP contribution in [0.25, 0.3) is 11.4 Å². The summed E-state index contributed by atoms with van der Waals surface area (Å²) in [5, 5.41) is 0. The highest BCUT2D eigenvalue weighted by Crippen LogP contribution is 2.24. The van der Waals surface area contributed by atoms with E-state index < -0.39 is 0 Å². The van der Waals surface area contributed by atoms with Gasteiger partial charge in [0.15, 0.2) is 5.82 Å². The van der Waals surface area contributed by atoms with Gasteiger partial charge in [-0.15, -0.1) is 12.6 Å². The first-order valence-corrected chi connectivity index (χ1v) is 9.26. The molecule has 1 heterocycles. The summed E-state index contributed by atoms with van der Waals surface area (Å²) in [5.74, 6) is 0.762. The topological polar surface area (TPSA) is 25.8 Å². The zero-order chi connectivity index (χ0) is 16.5. The quantitative estimate of drug-likeness (QED) is 0.449. The molecule has 0 saturated carbocycles. The van der Waals surface area contributed by atoms with Crippen LogP contribution in [0.5, 0.6) is 0 Å². The smallest absolute Gasteiger partial charge is 0.160 e. The molecule has 0 spiro atoms. The summed E-state index contributed by atoms with van der Waals surface area (Å²) >= 11 is 4.53. The van der Waals surface area contributed by atoms with E-state index >= 15 is 0 Å². The molecule has 0 fully saturated rings. The van der Waals surface area contributed by atoms with Gasteiger partial charge in [0, 0.05) is 22.9 Å². The molecule has 0 unspecified atom stereocenters. The molecule has 23 heavy (non-hydrogen) atoms. The summed E-state index contributed by atoms with van der Waals surface area (Å²) in [7, 11) is 0. The largest absolute Gasteiger partial charge is 0.236 e. The van der Waals surface area contributed by atoms with Gasteiger partial charge in [-0.2, -0.15) is 0 Å². The second-order valence-electron chi connectivity index (χ2n) is 6.31. The van der Waals surface area contributed by atoms with Crippen molar-refractivity contribution >= 4 is 12.6 Å². The summed E-state index contributed by atoms with van der Waals surface area (Å²) in [5.41, 5.74) is 3.44. The van der Waals surface area contributed by atoms with Crippen molar-refractivity contribution in [2.24, 2.45) is 0 Å². The van der Waals surface area contributed by atoms with Gasteiger partial charge in [0.2, 0.25) is 0 Å². The molecule has 0 atom stereocenters. The number of benzene rings is 1. The highest BCUT2D eigenvalue weighted by atomic mass is 32.1. The maximum atomic E-state index is 4.53. The summed E-state index contributed by atoms with van der Waals surface area (Å²) in [6, 6.07) is 6.17. The van der Waals surface area contributed by atoms with Crippen molar-refractivity contribution in [3.8, 4) is 11.4 Å². The lowest BCUT2D eigenvalue weighted by Crippen LogP contribution is -1.94. The third kappa shape index (κ3) is 5.98. The maximum Gasteiger partial charge on any atom is 0.160 e. The second kappa shape index (κ2) is 9.71. The molecular formula is C20H28N2S. The second-order valence-corrected chi connectivity index (χ2v) is 6.79. The molecular weight excluding hydrogens is 300 g/mol. The van der Waals surface area contributed by atoms with Crippen LogP contribution in [-0.2, 0) is 6.42 Å². The van der Waals surface area contributed by atoms with Crippen LogP contribution in [0.15, 0.2) is 35.5 Å². The lowest BCUT2D eigenvalue weighted by atomic mass is 10.1. The zero-order valence-electron chi connectivity index (χ0n) is 14.4. The lowest BCUT2D eigenvalue weighted by molar-refractivity contribution is 0.589. The molecule has 3 heteroatoms. The van der Waals surface area contributed by atoms with E-state index in [1.54, 1.807) is 0 Å². The molecule has 1 aromatic heterocycles. The van der Waals surface area contributed by atoms with E-state index in [2.05, 4.69) is 42.5 Å². The van der Waals surface area contributed by atoms with Gasteiger partial charge in [0.25, 0.3) is 0 Å². The molecule has 0 bridgehead atoms. The van der Waals surface area contributed by atoms with Gasteiger partial charge in [-0.05, 0) is 43.0 Å². The number of rotatable bonds is 9. The lowest BCUT2D eigenvalue weighted by Gasteiger charge is -2.06. The van der Waals surface area contributed by atoms with Crippen LogP contribution < -0.4 is 0 Å². The fraction of sp³-hybridized carbons (Fsp3) is 0.500. The van der Waals surface area contributed by atoms with Crippen LogP contribution in [0.3, 0.4) is 0 Å². The van der Waals surface area contributed by atoms with Gasteiger partial charge in [0.1, 0.15) is 0 Å². The molecule has 0 aliphatic heterocycles. The Labute approximate surface area is 146 Å². The van der Waals surface area contributed by atoms with Crippen molar-refractivity contribution in [3.05, 3.63) is 41.7 Å². The Morgan fingerprint density at radius 3 is 2.22 bits per heavy atom. The Bertz CT molecular complexity index is 593. The predicted octanol–water partition coefficient (Wildman–Crippen LogP) is 6.03. The average Bonchev–Trinajstić information content (AvgIpc) is 2.55. The Hall–Kier alpha value is -1.35. The van der Waals surface area contributed by atoms with E-state index in [0.717, 1.165) is 22.7 Å². The molecule has 2 aromatic rings. The van der Waals surface area contributed by atoms with Crippen LogP contribution in [0.4, 0.5) is 0 Å². The average molecular weight is 329 g/mol. The van der Waals surface area contributed by atoms with Crippen LogP contribution in [-0.4, -0.2) is 9.97 Å². The molecule has 1 aromatic carbocycles. The Morgan fingerprint density at radius 2 is 1.57 bits per heavy atom. The van der Waals surface area contributed by atoms with Crippen LogP contribution in [0, 0.1) is 6.92 Å². The Kier molecular flexibility index (Phi) is 7.60. The minimum atomic E-state index is 0.762. The number of hydrogen-bond donors (Lipinski definition) is 1. The van der Waals surface area contributed by atoms with Crippen molar-refractivity contribution in [2.75, 3.05) is 0 Å². The SMILES string of the molecule is CCCCCCCCCc1cnc(-c2ccc(C)cc2S)nc1. The number of unbranched alkanes of at least 4 members (excludes halogenated alkanes) is 6. The first-order chi connectivity index (χ1) is 11.2. The van der Waals surface area contributed by atoms with Crippen molar-refractivity contribution < 1.29 is 0 Å². The standard InChI is InChI=1S/C20H28N2S/c1-3-4-5-6-7-8-9-10-17-14-21-20(22-15-17)18-12-11-16(2)13-19(18)23/h11-15,23H,3-10H2,1-2H3. The van der Waals surface area contributed by atoms with Crippen molar-refractivity contribution in [1.29, 1.82) is 0 Å². The van der Waals surface area contributed by atoms with E-state index in [0.29, 0.717) is 0 Å². The summed E-state index contributed by atoms with van der Waals surface area (Å²) < 4.78 is 0. The van der Waals surface area contributed by atoms with Crippen LogP contribution in [0.1, 0.15) is 63.0 Å². The van der Waals surface area contributed by atoms with E-state index in [1.807, 2.05) is 24.5 Å². The summed E-state index contributed by atoms with van der Waals surface area (Å²) in [6.45, 7) is 4.33. The van der Waals surface area contributed by atoms with E-state index in [9.17, 15) is 0 Å². The fourth-order valence-electron chi connectivity index (χ4n) is 2.74. The number of hydrogen-bond acceptors (Lipinski definition) is 3. The molecule has 124 valence electrons.